The minimum atomic E-state index is -0.877. The van der Waals surface area contributed by atoms with Gasteiger partial charge in [0.1, 0.15) is 17.4 Å². The highest BCUT2D eigenvalue weighted by atomic mass is 19.1. The number of hydrogen-bond acceptors (Lipinski definition) is 4. The van der Waals surface area contributed by atoms with Gasteiger partial charge in [0.05, 0.1) is 6.04 Å². The van der Waals surface area contributed by atoms with Crippen LogP contribution in [0, 0.1) is 18.6 Å². The number of hydrogen-bond donors (Lipinski definition) is 4. The number of benzene rings is 4. The maximum atomic E-state index is 15.4. The number of H-pyrrole nitrogens is 1. The van der Waals surface area contributed by atoms with Crippen LogP contribution in [0.4, 0.5) is 14.5 Å². The molecule has 0 radical (unpaired) electrons. The number of fused-ring (bicyclic) bond motifs is 1. The highest BCUT2D eigenvalue weighted by Gasteiger charge is 2.24. The summed E-state index contributed by atoms with van der Waals surface area (Å²) >= 11 is 0. The summed E-state index contributed by atoms with van der Waals surface area (Å²) in [4.78, 5) is 19.1. The highest BCUT2D eigenvalue weighted by Crippen LogP contribution is 2.33. The lowest BCUT2D eigenvalue weighted by atomic mass is 9.97. The van der Waals surface area contributed by atoms with E-state index in [2.05, 4.69) is 15.2 Å². The molecule has 6 rings (SSSR count). The van der Waals surface area contributed by atoms with E-state index in [0.717, 1.165) is 54.2 Å². The number of anilines is 1. The summed E-state index contributed by atoms with van der Waals surface area (Å²) < 4.78 is 29.8. The maximum absolute atomic E-state index is 15.4. The van der Waals surface area contributed by atoms with Crippen LogP contribution in [0.25, 0.3) is 22.0 Å². The molecule has 4 aromatic carbocycles. The number of aromatic nitrogens is 1. The molecule has 5 N–H and O–H groups in total. The molecule has 0 unspecified atom stereocenters. The minimum absolute atomic E-state index is 0.150. The van der Waals surface area contributed by atoms with E-state index in [4.69, 9.17) is 5.73 Å². The van der Waals surface area contributed by atoms with Crippen LogP contribution in [0.15, 0.2) is 84.9 Å². The van der Waals surface area contributed by atoms with Crippen molar-refractivity contribution in [2.45, 2.75) is 31.8 Å². The first-order chi connectivity index (χ1) is 20.2. The number of carbonyl (C=O) groups is 1. The van der Waals surface area contributed by atoms with Crippen LogP contribution in [0.5, 0.6) is 5.75 Å². The Morgan fingerprint density at radius 3 is 2.55 bits per heavy atom. The van der Waals surface area contributed by atoms with Gasteiger partial charge in [-0.25, -0.2) is 8.78 Å². The SMILES string of the molecule is Cc1cc(C(=O)N[C@@H](c2cc3ccccc3[nH]2)c2cc(F)ccc2O)cc(-c2ccc(N3CCC(N)CC3)cc2F)c1. The summed E-state index contributed by atoms with van der Waals surface area (Å²) in [6, 6.07) is 22.8. The molecular weight excluding hydrogens is 534 g/mol. The molecule has 1 aliphatic heterocycles. The van der Waals surface area contributed by atoms with Gasteiger partial charge >= 0.3 is 0 Å². The molecule has 0 bridgehead atoms. The number of carbonyl (C=O) groups excluding carboxylic acids is 1. The van der Waals surface area contributed by atoms with Gasteiger partial charge in [0.25, 0.3) is 5.91 Å². The Balaban J connectivity index is 1.32. The number of nitrogens with two attached hydrogens (primary N) is 1. The molecule has 0 spiro atoms. The molecule has 1 atom stereocenters. The number of piperidine rings is 1. The lowest BCUT2D eigenvalue weighted by Gasteiger charge is -2.32. The Hall–Kier alpha value is -4.69. The molecule has 8 heteroatoms. The number of nitrogens with zero attached hydrogens (tertiary/aromatic N) is 1. The lowest BCUT2D eigenvalue weighted by molar-refractivity contribution is 0.0942. The van der Waals surface area contributed by atoms with Crippen molar-refractivity contribution in [2.24, 2.45) is 5.73 Å². The summed E-state index contributed by atoms with van der Waals surface area (Å²) in [7, 11) is 0. The second-order valence-corrected chi connectivity index (χ2v) is 11.0. The van der Waals surface area contributed by atoms with Crippen molar-refractivity contribution in [3.05, 3.63) is 119 Å². The summed E-state index contributed by atoms with van der Waals surface area (Å²) in [6.07, 6.45) is 1.74. The Morgan fingerprint density at radius 1 is 1.00 bits per heavy atom. The largest absolute Gasteiger partial charge is 0.508 e. The third-order valence-electron chi connectivity index (χ3n) is 7.95. The molecule has 6 nitrogen and oxygen atoms in total. The number of para-hydroxylation sites is 1. The molecule has 1 aromatic heterocycles. The molecule has 1 amide bonds. The predicted octanol–water partition coefficient (Wildman–Crippen LogP) is 6.57. The Bertz CT molecular complexity index is 1740. The first-order valence-electron chi connectivity index (χ1n) is 14.0. The van der Waals surface area contributed by atoms with E-state index in [-0.39, 0.29) is 23.2 Å². The van der Waals surface area contributed by atoms with E-state index in [0.29, 0.717) is 22.4 Å². The van der Waals surface area contributed by atoms with E-state index >= 15 is 4.39 Å². The number of phenols is 1. The van der Waals surface area contributed by atoms with Crippen molar-refractivity contribution >= 4 is 22.5 Å². The summed E-state index contributed by atoms with van der Waals surface area (Å²) in [5, 5.41) is 14.5. The zero-order valence-electron chi connectivity index (χ0n) is 23.2. The van der Waals surface area contributed by atoms with Crippen molar-refractivity contribution in [3.63, 3.8) is 0 Å². The van der Waals surface area contributed by atoms with Crippen molar-refractivity contribution in [3.8, 4) is 16.9 Å². The standard InChI is InChI=1S/C34H32F2N4O2/c1-20-14-22(27-8-7-26(19-29(27)36)40-12-10-25(37)11-13-40)16-23(15-20)34(42)39-33(28-18-24(35)6-9-32(28)41)31-17-21-4-2-3-5-30(21)38-31/h2-9,14-19,25,33,38,41H,10-13,37H2,1H3,(H,39,42)/t33-/m1/s1. The fourth-order valence-corrected chi connectivity index (χ4v) is 5.71. The van der Waals surface area contributed by atoms with Gasteiger partial charge < -0.3 is 26.0 Å². The maximum Gasteiger partial charge on any atom is 0.252 e. The van der Waals surface area contributed by atoms with Crippen molar-refractivity contribution in [1.29, 1.82) is 0 Å². The zero-order valence-corrected chi connectivity index (χ0v) is 23.2. The minimum Gasteiger partial charge on any atom is -0.508 e. The summed E-state index contributed by atoms with van der Waals surface area (Å²) in [5.74, 6) is -1.51. The van der Waals surface area contributed by atoms with E-state index in [1.54, 1.807) is 18.2 Å². The van der Waals surface area contributed by atoms with Crippen LogP contribution < -0.4 is 16.0 Å². The number of phenolic OH excluding ortho intramolecular Hbond substituents is 1. The van der Waals surface area contributed by atoms with E-state index in [1.165, 1.54) is 18.2 Å². The number of rotatable bonds is 6. The van der Waals surface area contributed by atoms with Crippen molar-refractivity contribution in [1.82, 2.24) is 10.3 Å². The fraction of sp³-hybridized carbons (Fsp3) is 0.206. The van der Waals surface area contributed by atoms with Gasteiger partial charge in [0, 0.05) is 52.7 Å². The van der Waals surface area contributed by atoms with Gasteiger partial charge in [-0.15, -0.1) is 0 Å². The number of amides is 1. The first-order valence-corrected chi connectivity index (χ1v) is 14.0. The number of aromatic hydroxyl groups is 1. The molecule has 0 saturated carbocycles. The van der Waals surface area contributed by atoms with Crippen molar-refractivity contribution in [2.75, 3.05) is 18.0 Å². The van der Waals surface area contributed by atoms with Gasteiger partial charge in [-0.2, -0.15) is 0 Å². The van der Waals surface area contributed by atoms with Crippen LogP contribution in [0.1, 0.15) is 46.1 Å². The van der Waals surface area contributed by atoms with Gasteiger partial charge in [-0.3, -0.25) is 4.79 Å². The molecule has 2 heterocycles. The van der Waals surface area contributed by atoms with Gasteiger partial charge in [-0.1, -0.05) is 24.3 Å². The molecule has 1 aliphatic rings. The van der Waals surface area contributed by atoms with Crippen LogP contribution in [-0.4, -0.2) is 35.1 Å². The normalized spacial score (nSPS) is 14.7. The smallest absolute Gasteiger partial charge is 0.252 e. The van der Waals surface area contributed by atoms with Gasteiger partial charge in [0.15, 0.2) is 0 Å². The third kappa shape index (κ3) is 5.58. The highest BCUT2D eigenvalue weighted by molar-refractivity contribution is 5.96. The lowest BCUT2D eigenvalue weighted by Crippen LogP contribution is -2.39. The topological polar surface area (TPSA) is 94.4 Å². The molecular formula is C34H32F2N4O2. The number of nitrogens with one attached hydrogen (secondary N) is 2. The van der Waals surface area contributed by atoms with Crippen LogP contribution >= 0.6 is 0 Å². The molecule has 214 valence electrons. The Kier molecular flexibility index (Phi) is 7.39. The molecule has 1 fully saturated rings. The van der Waals surface area contributed by atoms with E-state index in [1.807, 2.05) is 49.4 Å². The van der Waals surface area contributed by atoms with E-state index in [9.17, 15) is 14.3 Å². The van der Waals surface area contributed by atoms with Crippen LogP contribution in [-0.2, 0) is 0 Å². The Labute approximate surface area is 242 Å². The average Bonchev–Trinajstić information content (AvgIpc) is 3.41. The monoisotopic (exact) mass is 566 g/mol. The fourth-order valence-electron chi connectivity index (χ4n) is 5.71. The average molecular weight is 567 g/mol. The molecule has 5 aromatic rings. The third-order valence-corrected chi connectivity index (χ3v) is 7.95. The summed E-state index contributed by atoms with van der Waals surface area (Å²) in [6.45, 7) is 3.41. The number of halogens is 2. The number of aromatic amines is 1. The first kappa shape index (κ1) is 27.5. The van der Waals surface area contributed by atoms with Crippen molar-refractivity contribution < 1.29 is 18.7 Å². The summed E-state index contributed by atoms with van der Waals surface area (Å²) in [5.41, 5.74) is 10.5. The Morgan fingerprint density at radius 2 is 1.79 bits per heavy atom. The van der Waals surface area contributed by atoms with Gasteiger partial charge in [-0.05, 0) is 96.9 Å². The van der Waals surface area contributed by atoms with Crippen LogP contribution in [0.3, 0.4) is 0 Å². The molecule has 42 heavy (non-hydrogen) atoms. The quantitative estimate of drug-likeness (QED) is 0.187. The van der Waals surface area contributed by atoms with Crippen LogP contribution in [0.2, 0.25) is 0 Å². The number of aryl methyl sites for hydroxylation is 1. The predicted molar refractivity (Wildman–Crippen MR) is 162 cm³/mol. The zero-order chi connectivity index (χ0) is 29.4. The van der Waals surface area contributed by atoms with Gasteiger partial charge in [0.2, 0.25) is 0 Å². The second-order valence-electron chi connectivity index (χ2n) is 11.0. The van der Waals surface area contributed by atoms with E-state index < -0.39 is 17.8 Å². The molecule has 0 aliphatic carbocycles. The second kappa shape index (κ2) is 11.3. The molecule has 1 saturated heterocycles.